The van der Waals surface area contributed by atoms with Crippen LogP contribution in [0.1, 0.15) is 31.0 Å². The third-order valence-electron chi connectivity index (χ3n) is 5.29. The Bertz CT molecular complexity index is 1050. The Morgan fingerprint density at radius 3 is 2.35 bits per heavy atom. The lowest BCUT2D eigenvalue weighted by Gasteiger charge is -2.25. The smallest absolute Gasteiger partial charge is 0.295 e. The Morgan fingerprint density at radius 2 is 1.71 bits per heavy atom. The van der Waals surface area contributed by atoms with Gasteiger partial charge >= 0.3 is 0 Å². The van der Waals surface area contributed by atoms with Crippen LogP contribution in [0.5, 0.6) is 17.2 Å². The van der Waals surface area contributed by atoms with E-state index in [9.17, 15) is 19.8 Å². The third-order valence-corrected chi connectivity index (χ3v) is 5.29. The fourth-order valence-corrected chi connectivity index (χ4v) is 3.79. The Morgan fingerprint density at radius 1 is 1.00 bits per heavy atom. The summed E-state index contributed by atoms with van der Waals surface area (Å²) in [5.74, 6) is -1.21. The van der Waals surface area contributed by atoms with Crippen molar-refractivity contribution in [3.8, 4) is 17.2 Å². The van der Waals surface area contributed by atoms with Gasteiger partial charge in [-0.25, -0.2) is 0 Å². The van der Waals surface area contributed by atoms with Crippen LogP contribution < -0.4 is 9.47 Å². The van der Waals surface area contributed by atoms with E-state index in [4.69, 9.17) is 19.3 Å². The average Bonchev–Trinajstić information content (AvgIpc) is 3.08. The van der Waals surface area contributed by atoms with E-state index in [1.807, 2.05) is 6.92 Å². The van der Waals surface area contributed by atoms with E-state index >= 15 is 0 Å². The molecule has 0 saturated carbocycles. The second-order valence-corrected chi connectivity index (χ2v) is 7.45. The summed E-state index contributed by atoms with van der Waals surface area (Å²) in [6, 6.07) is 10.2. The van der Waals surface area contributed by atoms with Gasteiger partial charge in [-0.05, 0) is 55.8 Å². The topological polar surface area (TPSA) is 126 Å². The molecule has 1 fully saturated rings. The van der Waals surface area contributed by atoms with Gasteiger partial charge in [-0.3, -0.25) is 9.59 Å². The molecular formula is C25H29NO8. The summed E-state index contributed by atoms with van der Waals surface area (Å²) in [7, 11) is 0. The second kappa shape index (κ2) is 11.5. The number of Topliss-reactive ketones (excluding diaryl/α,β-unsaturated/α-hetero) is 1. The van der Waals surface area contributed by atoms with E-state index in [2.05, 4.69) is 0 Å². The van der Waals surface area contributed by atoms with Crippen molar-refractivity contribution in [1.82, 2.24) is 4.90 Å². The number of hydrogen-bond acceptors (Lipinski definition) is 8. The van der Waals surface area contributed by atoms with Crippen molar-refractivity contribution >= 4 is 17.4 Å². The largest absolute Gasteiger partial charge is 0.507 e. The maximum absolute atomic E-state index is 13.1. The van der Waals surface area contributed by atoms with Crippen molar-refractivity contribution in [2.75, 3.05) is 39.6 Å². The van der Waals surface area contributed by atoms with Crippen molar-refractivity contribution in [3.05, 3.63) is 59.2 Å². The van der Waals surface area contributed by atoms with E-state index in [0.29, 0.717) is 30.1 Å². The highest BCUT2D eigenvalue weighted by atomic mass is 16.5. The Labute approximate surface area is 197 Å². The summed E-state index contributed by atoms with van der Waals surface area (Å²) in [5, 5.41) is 30.2. The van der Waals surface area contributed by atoms with Gasteiger partial charge in [0.05, 0.1) is 44.6 Å². The minimum Gasteiger partial charge on any atom is -0.507 e. The highest BCUT2D eigenvalue weighted by Crippen LogP contribution is 2.41. The van der Waals surface area contributed by atoms with E-state index in [1.54, 1.807) is 43.3 Å². The standard InChI is InChI=1S/C25H29NO8/c1-3-33-18-8-5-16(6-9-18)23(29)21-22(17-7-10-19(28)20(15-17)34-4-2)26(25(31)24(21)30)11-13-32-14-12-27/h5-10,15,22,27-29H,3-4,11-14H2,1-2H3/b23-21+. The van der Waals surface area contributed by atoms with Gasteiger partial charge in [0, 0.05) is 12.1 Å². The van der Waals surface area contributed by atoms with Gasteiger partial charge in [0.15, 0.2) is 11.5 Å². The molecule has 0 radical (unpaired) electrons. The van der Waals surface area contributed by atoms with Crippen LogP contribution in [-0.2, 0) is 14.3 Å². The molecule has 1 aliphatic rings. The maximum atomic E-state index is 13.1. The van der Waals surface area contributed by atoms with E-state index in [0.717, 1.165) is 0 Å². The summed E-state index contributed by atoms with van der Waals surface area (Å²) >= 11 is 0. The number of ketones is 1. The number of carbonyl (C=O) groups excluding carboxylic acids is 2. The average molecular weight is 472 g/mol. The second-order valence-electron chi connectivity index (χ2n) is 7.45. The maximum Gasteiger partial charge on any atom is 0.295 e. The summed E-state index contributed by atoms with van der Waals surface area (Å²) in [6.07, 6.45) is 0. The Kier molecular flexibility index (Phi) is 8.50. The van der Waals surface area contributed by atoms with Crippen LogP contribution >= 0.6 is 0 Å². The zero-order valence-electron chi connectivity index (χ0n) is 19.2. The normalized spacial score (nSPS) is 17.3. The molecule has 9 heteroatoms. The van der Waals surface area contributed by atoms with E-state index in [-0.39, 0.29) is 49.2 Å². The first-order chi connectivity index (χ1) is 16.4. The zero-order valence-corrected chi connectivity index (χ0v) is 19.2. The van der Waals surface area contributed by atoms with Crippen LogP contribution in [0.4, 0.5) is 0 Å². The van der Waals surface area contributed by atoms with Crippen LogP contribution in [0.25, 0.3) is 5.76 Å². The summed E-state index contributed by atoms with van der Waals surface area (Å²) in [6.45, 7) is 4.47. The molecule has 34 heavy (non-hydrogen) atoms. The number of aromatic hydroxyl groups is 1. The molecule has 9 nitrogen and oxygen atoms in total. The lowest BCUT2D eigenvalue weighted by molar-refractivity contribution is -0.140. The third kappa shape index (κ3) is 5.32. The number of aliphatic hydroxyl groups is 2. The van der Waals surface area contributed by atoms with Crippen molar-refractivity contribution in [1.29, 1.82) is 0 Å². The molecule has 3 N–H and O–H groups in total. The van der Waals surface area contributed by atoms with E-state index in [1.165, 1.54) is 11.0 Å². The minimum atomic E-state index is -0.927. The van der Waals surface area contributed by atoms with Crippen molar-refractivity contribution in [2.24, 2.45) is 0 Å². The summed E-state index contributed by atoms with van der Waals surface area (Å²) < 4.78 is 16.2. The predicted octanol–water partition coefficient (Wildman–Crippen LogP) is 2.62. The van der Waals surface area contributed by atoms with Crippen molar-refractivity contribution < 1.29 is 39.1 Å². The Hall–Kier alpha value is -3.56. The summed E-state index contributed by atoms with van der Waals surface area (Å²) in [5.41, 5.74) is 0.756. The summed E-state index contributed by atoms with van der Waals surface area (Å²) in [4.78, 5) is 27.3. The first-order valence-corrected chi connectivity index (χ1v) is 11.1. The van der Waals surface area contributed by atoms with Gasteiger partial charge in [0.1, 0.15) is 11.5 Å². The van der Waals surface area contributed by atoms with Gasteiger partial charge in [0.25, 0.3) is 11.7 Å². The first-order valence-electron chi connectivity index (χ1n) is 11.1. The molecule has 1 unspecified atom stereocenters. The predicted molar refractivity (Wildman–Crippen MR) is 124 cm³/mol. The molecule has 1 aliphatic heterocycles. The van der Waals surface area contributed by atoms with Gasteiger partial charge in [-0.2, -0.15) is 0 Å². The molecular weight excluding hydrogens is 442 g/mol. The monoisotopic (exact) mass is 471 g/mol. The number of benzene rings is 2. The van der Waals surface area contributed by atoms with Gasteiger partial charge in [-0.15, -0.1) is 0 Å². The molecule has 0 aromatic heterocycles. The minimum absolute atomic E-state index is 0.0557. The molecule has 1 amide bonds. The zero-order chi connectivity index (χ0) is 24.7. The van der Waals surface area contributed by atoms with Crippen molar-refractivity contribution in [2.45, 2.75) is 19.9 Å². The Balaban J connectivity index is 2.08. The number of phenolic OH excluding ortho intramolecular Hbond substituents is 1. The number of amides is 1. The molecule has 1 atom stereocenters. The van der Waals surface area contributed by atoms with Crippen LogP contribution in [0.3, 0.4) is 0 Å². The fraction of sp³-hybridized carbons (Fsp3) is 0.360. The number of likely N-dealkylation sites (tertiary alicyclic amines) is 1. The number of carbonyl (C=O) groups is 2. The molecule has 182 valence electrons. The van der Waals surface area contributed by atoms with Crippen LogP contribution in [0.2, 0.25) is 0 Å². The molecule has 0 spiro atoms. The van der Waals surface area contributed by atoms with Gasteiger partial charge in [0.2, 0.25) is 0 Å². The van der Waals surface area contributed by atoms with Gasteiger partial charge < -0.3 is 34.4 Å². The molecule has 3 rings (SSSR count). The molecule has 1 heterocycles. The lowest BCUT2D eigenvalue weighted by atomic mass is 9.95. The number of ether oxygens (including phenoxy) is 3. The van der Waals surface area contributed by atoms with Crippen LogP contribution in [-0.4, -0.2) is 71.5 Å². The van der Waals surface area contributed by atoms with E-state index < -0.39 is 17.7 Å². The first kappa shape index (κ1) is 25.1. The number of hydrogen-bond donors (Lipinski definition) is 3. The highest BCUT2D eigenvalue weighted by Gasteiger charge is 2.46. The molecule has 2 aromatic carbocycles. The van der Waals surface area contributed by atoms with Crippen LogP contribution in [0.15, 0.2) is 48.0 Å². The quantitative estimate of drug-likeness (QED) is 0.198. The number of nitrogens with zero attached hydrogens (tertiary/aromatic N) is 1. The number of aliphatic hydroxyl groups excluding tert-OH is 2. The molecule has 1 saturated heterocycles. The molecule has 0 aliphatic carbocycles. The van der Waals surface area contributed by atoms with Crippen LogP contribution in [0, 0.1) is 0 Å². The van der Waals surface area contributed by atoms with Gasteiger partial charge in [-0.1, -0.05) is 6.07 Å². The lowest BCUT2D eigenvalue weighted by Crippen LogP contribution is -2.33. The highest BCUT2D eigenvalue weighted by molar-refractivity contribution is 6.46. The fourth-order valence-electron chi connectivity index (χ4n) is 3.79. The molecule has 0 bridgehead atoms. The number of phenols is 1. The number of rotatable bonds is 11. The molecule has 2 aromatic rings. The van der Waals surface area contributed by atoms with Crippen molar-refractivity contribution in [3.63, 3.8) is 0 Å². The SMILES string of the molecule is CCOc1ccc(/C(O)=C2\C(=O)C(=O)N(CCOCCO)C2c2ccc(O)c(OCC)c2)cc1.